The SMILES string of the molecule is C[C@H]1[C@@H](CN2CCCCC2)O[C@@H](c2ccc(NC(=O)Nc3ccc(Oc4ccccc4)cc3)cc2)O[C@H]1c1ccc(CO)cc1. The van der Waals surface area contributed by atoms with E-state index in [4.69, 9.17) is 14.2 Å². The first kappa shape index (κ1) is 30.8. The number of ether oxygens (including phenoxy) is 3. The molecule has 45 heavy (non-hydrogen) atoms. The summed E-state index contributed by atoms with van der Waals surface area (Å²) in [4.78, 5) is 15.2. The Balaban J connectivity index is 1.09. The van der Waals surface area contributed by atoms with Crippen molar-refractivity contribution in [2.24, 2.45) is 5.92 Å². The molecule has 4 atom stereocenters. The molecule has 8 nitrogen and oxygen atoms in total. The molecule has 4 aromatic rings. The van der Waals surface area contributed by atoms with Crippen molar-refractivity contribution in [2.45, 2.75) is 51.3 Å². The molecule has 4 aromatic carbocycles. The second kappa shape index (κ2) is 14.7. The maximum Gasteiger partial charge on any atom is 0.323 e. The van der Waals surface area contributed by atoms with Gasteiger partial charge in [-0.15, -0.1) is 0 Å². The van der Waals surface area contributed by atoms with Crippen molar-refractivity contribution in [1.29, 1.82) is 0 Å². The molecule has 0 radical (unpaired) electrons. The molecule has 234 valence electrons. The lowest BCUT2D eigenvalue weighted by Crippen LogP contribution is -2.45. The molecule has 2 saturated heterocycles. The fraction of sp³-hybridized carbons (Fsp3) is 0.324. The first-order chi connectivity index (χ1) is 22.0. The highest BCUT2D eigenvalue weighted by molar-refractivity contribution is 5.99. The maximum absolute atomic E-state index is 12.7. The molecule has 2 aliphatic heterocycles. The van der Waals surface area contributed by atoms with Gasteiger partial charge in [0.15, 0.2) is 6.29 Å². The van der Waals surface area contributed by atoms with E-state index in [1.54, 1.807) is 12.1 Å². The summed E-state index contributed by atoms with van der Waals surface area (Å²) in [6, 6.07) is 32.0. The lowest BCUT2D eigenvalue weighted by molar-refractivity contribution is -0.276. The van der Waals surface area contributed by atoms with Gasteiger partial charge in [-0.1, -0.05) is 67.9 Å². The van der Waals surface area contributed by atoms with Gasteiger partial charge in [-0.25, -0.2) is 4.79 Å². The van der Waals surface area contributed by atoms with Gasteiger partial charge in [-0.2, -0.15) is 0 Å². The second-order valence-electron chi connectivity index (χ2n) is 11.8. The number of carbonyl (C=O) groups is 1. The number of amides is 2. The summed E-state index contributed by atoms with van der Waals surface area (Å²) in [6.07, 6.45) is 3.04. The highest BCUT2D eigenvalue weighted by atomic mass is 16.7. The zero-order chi connectivity index (χ0) is 31.0. The zero-order valence-corrected chi connectivity index (χ0v) is 25.6. The van der Waals surface area contributed by atoms with E-state index in [9.17, 15) is 9.90 Å². The molecule has 0 aliphatic carbocycles. The highest BCUT2D eigenvalue weighted by Gasteiger charge is 2.39. The Morgan fingerprint density at radius 1 is 0.778 bits per heavy atom. The van der Waals surface area contributed by atoms with E-state index in [2.05, 4.69) is 22.5 Å². The summed E-state index contributed by atoms with van der Waals surface area (Å²) >= 11 is 0. The smallest absolute Gasteiger partial charge is 0.323 e. The van der Waals surface area contributed by atoms with Crippen LogP contribution in [0.3, 0.4) is 0 Å². The van der Waals surface area contributed by atoms with Gasteiger partial charge in [0.2, 0.25) is 0 Å². The first-order valence-electron chi connectivity index (χ1n) is 15.8. The third-order valence-corrected chi connectivity index (χ3v) is 8.54. The van der Waals surface area contributed by atoms with E-state index in [-0.39, 0.29) is 30.8 Å². The number of hydrogen-bond donors (Lipinski definition) is 3. The predicted molar refractivity (Wildman–Crippen MR) is 175 cm³/mol. The van der Waals surface area contributed by atoms with E-state index < -0.39 is 6.29 Å². The molecule has 2 aliphatic rings. The standard InChI is InChI=1S/C37H41N3O5/c1-26-34(24-40-22-6-3-7-23-40)44-36(45-35(26)28-12-10-27(25-41)11-13-28)29-14-16-30(17-15-29)38-37(42)39-31-18-20-33(21-19-31)43-32-8-4-2-5-9-32/h2,4-5,8-21,26,34-36,41H,3,6-7,22-25H2,1H3,(H2,38,39,42)/t26-,34+,35+,36+/m0/s1. The van der Waals surface area contributed by atoms with Crippen LogP contribution < -0.4 is 15.4 Å². The molecule has 8 heteroatoms. The van der Waals surface area contributed by atoms with Crippen LogP contribution in [-0.2, 0) is 16.1 Å². The van der Waals surface area contributed by atoms with Gasteiger partial charge in [0, 0.05) is 29.4 Å². The summed E-state index contributed by atoms with van der Waals surface area (Å²) in [6.45, 7) is 5.28. The van der Waals surface area contributed by atoms with Gasteiger partial charge in [0.1, 0.15) is 11.5 Å². The minimum Gasteiger partial charge on any atom is -0.457 e. The van der Waals surface area contributed by atoms with Crippen molar-refractivity contribution in [3.8, 4) is 11.5 Å². The molecule has 2 heterocycles. The number of benzene rings is 4. The number of nitrogens with one attached hydrogen (secondary N) is 2. The van der Waals surface area contributed by atoms with Crippen LogP contribution in [0.15, 0.2) is 103 Å². The third-order valence-electron chi connectivity index (χ3n) is 8.54. The first-order valence-corrected chi connectivity index (χ1v) is 15.8. The van der Waals surface area contributed by atoms with Gasteiger partial charge in [0.25, 0.3) is 0 Å². The van der Waals surface area contributed by atoms with Crippen molar-refractivity contribution in [3.05, 3.63) is 120 Å². The zero-order valence-electron chi connectivity index (χ0n) is 25.6. The van der Waals surface area contributed by atoms with Crippen LogP contribution in [0.2, 0.25) is 0 Å². The Hall–Kier alpha value is -4.21. The lowest BCUT2D eigenvalue weighted by Gasteiger charge is -2.43. The van der Waals surface area contributed by atoms with Crippen LogP contribution in [0.4, 0.5) is 16.2 Å². The average Bonchev–Trinajstić information content (AvgIpc) is 3.08. The Bertz CT molecular complexity index is 1510. The van der Waals surface area contributed by atoms with Crippen molar-refractivity contribution in [1.82, 2.24) is 4.90 Å². The lowest BCUT2D eigenvalue weighted by atomic mass is 9.89. The molecule has 2 fully saturated rings. The number of likely N-dealkylation sites (tertiary alicyclic amines) is 1. The normalized spacial score (nSPS) is 22.0. The summed E-state index contributed by atoms with van der Waals surface area (Å²) < 4.78 is 19.0. The monoisotopic (exact) mass is 607 g/mol. The summed E-state index contributed by atoms with van der Waals surface area (Å²) in [5, 5.41) is 15.3. The summed E-state index contributed by atoms with van der Waals surface area (Å²) in [7, 11) is 0. The number of rotatable bonds is 9. The van der Waals surface area contributed by atoms with Gasteiger partial charge < -0.3 is 34.9 Å². The van der Waals surface area contributed by atoms with Crippen LogP contribution in [-0.4, -0.2) is 41.8 Å². The number of aliphatic hydroxyl groups excluding tert-OH is 1. The third kappa shape index (κ3) is 8.09. The summed E-state index contributed by atoms with van der Waals surface area (Å²) in [5.41, 5.74) is 4.15. The molecule has 6 rings (SSSR count). The van der Waals surface area contributed by atoms with Crippen LogP contribution in [0, 0.1) is 5.92 Å². The summed E-state index contributed by atoms with van der Waals surface area (Å²) in [5.74, 6) is 1.58. The number of hydrogen-bond acceptors (Lipinski definition) is 6. The van der Waals surface area contributed by atoms with Crippen molar-refractivity contribution in [3.63, 3.8) is 0 Å². The molecular weight excluding hydrogens is 566 g/mol. The minimum absolute atomic E-state index is 0.00238. The van der Waals surface area contributed by atoms with Gasteiger partial charge >= 0.3 is 6.03 Å². The predicted octanol–water partition coefficient (Wildman–Crippen LogP) is 7.89. The molecule has 0 saturated carbocycles. The molecule has 2 amide bonds. The van der Waals surface area contributed by atoms with E-state index in [0.29, 0.717) is 17.1 Å². The molecule has 0 spiro atoms. The number of carbonyl (C=O) groups excluding carboxylic acids is 1. The molecule has 0 bridgehead atoms. The highest BCUT2D eigenvalue weighted by Crippen LogP contribution is 2.42. The number of anilines is 2. The van der Waals surface area contributed by atoms with Crippen LogP contribution in [0.25, 0.3) is 0 Å². The average molecular weight is 608 g/mol. The minimum atomic E-state index is -0.544. The van der Waals surface area contributed by atoms with Gasteiger partial charge in [-0.05, 0) is 85.6 Å². The van der Waals surface area contributed by atoms with Gasteiger partial charge in [-0.3, -0.25) is 0 Å². The molecular formula is C37H41N3O5. The van der Waals surface area contributed by atoms with Crippen LogP contribution >= 0.6 is 0 Å². The maximum atomic E-state index is 12.7. The number of aliphatic hydroxyl groups is 1. The van der Waals surface area contributed by atoms with E-state index >= 15 is 0 Å². The quantitative estimate of drug-likeness (QED) is 0.179. The molecule has 0 unspecified atom stereocenters. The molecule has 3 N–H and O–H groups in total. The number of nitrogens with zero attached hydrogens (tertiary/aromatic N) is 1. The van der Waals surface area contributed by atoms with Crippen LogP contribution in [0.1, 0.15) is 55.3 Å². The number of para-hydroxylation sites is 1. The fourth-order valence-electron chi connectivity index (χ4n) is 5.97. The van der Waals surface area contributed by atoms with Crippen molar-refractivity contribution < 1.29 is 24.1 Å². The van der Waals surface area contributed by atoms with Crippen LogP contribution in [0.5, 0.6) is 11.5 Å². The number of piperidine rings is 1. The Kier molecular flexibility index (Phi) is 10.1. The Morgan fingerprint density at radius 3 is 2.02 bits per heavy atom. The van der Waals surface area contributed by atoms with Gasteiger partial charge in [0.05, 0.1) is 18.8 Å². The Labute approximate surface area is 264 Å². The van der Waals surface area contributed by atoms with Crippen molar-refractivity contribution >= 4 is 17.4 Å². The Morgan fingerprint density at radius 2 is 1.38 bits per heavy atom. The van der Waals surface area contributed by atoms with E-state index in [1.165, 1.54) is 19.3 Å². The largest absolute Gasteiger partial charge is 0.457 e. The number of urea groups is 1. The van der Waals surface area contributed by atoms with E-state index in [1.807, 2.05) is 91.0 Å². The topological polar surface area (TPSA) is 92.3 Å². The molecule has 0 aromatic heterocycles. The second-order valence-corrected chi connectivity index (χ2v) is 11.8. The van der Waals surface area contributed by atoms with Crippen molar-refractivity contribution in [2.75, 3.05) is 30.3 Å². The van der Waals surface area contributed by atoms with E-state index in [0.717, 1.165) is 42.1 Å². The fourth-order valence-corrected chi connectivity index (χ4v) is 5.97.